The molecule has 0 radical (unpaired) electrons. The smallest absolute Gasteiger partial charge is 0.410 e. The Hall–Kier alpha value is -1.95. The maximum Gasteiger partial charge on any atom is 0.410 e. The number of rotatable bonds is 1. The van der Waals surface area contributed by atoms with Crippen LogP contribution in [0.1, 0.15) is 33.2 Å². The molecule has 2 aromatic carbocycles. The zero-order valence-corrected chi connectivity index (χ0v) is 18.2. The third-order valence-electron chi connectivity index (χ3n) is 5.26. The van der Waals surface area contributed by atoms with Gasteiger partial charge in [-0.1, -0.05) is 23.2 Å². The van der Waals surface area contributed by atoms with Crippen LogP contribution in [0.3, 0.4) is 0 Å². The molecule has 1 aliphatic heterocycles. The third kappa shape index (κ3) is 3.91. The average Bonchev–Trinajstić information content (AvgIpc) is 2.93. The van der Waals surface area contributed by atoms with Crippen molar-refractivity contribution >= 4 is 51.1 Å². The summed E-state index contributed by atoms with van der Waals surface area (Å²) in [7, 11) is 0. The fourth-order valence-electron chi connectivity index (χ4n) is 4.07. The van der Waals surface area contributed by atoms with Crippen molar-refractivity contribution in [2.24, 2.45) is 0 Å². The molecular formula is C22H24Cl2N2O3. The van der Waals surface area contributed by atoms with E-state index in [-0.39, 0.29) is 12.6 Å². The molecule has 1 saturated heterocycles. The number of aromatic nitrogens is 1. The molecule has 0 saturated carbocycles. The van der Waals surface area contributed by atoms with E-state index in [2.05, 4.69) is 4.57 Å². The summed E-state index contributed by atoms with van der Waals surface area (Å²) in [6.07, 6.45) is -0.498. The molecule has 1 aliphatic rings. The predicted octanol–water partition coefficient (Wildman–Crippen LogP) is 5.64. The largest absolute Gasteiger partial charge is 0.444 e. The maximum atomic E-state index is 12.4. The number of nitrogens with zero attached hydrogens (tertiary/aromatic N) is 2. The summed E-state index contributed by atoms with van der Waals surface area (Å²) in [4.78, 5) is 14.0. The first-order valence-electron chi connectivity index (χ1n) is 9.69. The number of ether oxygens (including phenoxy) is 1. The Morgan fingerprint density at radius 3 is 2.10 bits per heavy atom. The molecule has 1 N–H and O–H groups in total. The van der Waals surface area contributed by atoms with E-state index in [1.807, 2.05) is 57.2 Å². The molecule has 2 heterocycles. The van der Waals surface area contributed by atoms with Crippen LogP contribution < -0.4 is 0 Å². The van der Waals surface area contributed by atoms with Crippen LogP contribution in [0, 0.1) is 0 Å². The summed E-state index contributed by atoms with van der Waals surface area (Å²) >= 11 is 12.5. The van der Waals surface area contributed by atoms with Gasteiger partial charge in [0.05, 0.1) is 18.7 Å². The lowest BCUT2D eigenvalue weighted by Crippen LogP contribution is -2.48. The second-order valence-electron chi connectivity index (χ2n) is 8.54. The molecule has 0 unspecified atom stereocenters. The highest BCUT2D eigenvalue weighted by Gasteiger charge is 2.34. The van der Waals surface area contributed by atoms with Gasteiger partial charge in [0.2, 0.25) is 0 Å². The predicted molar refractivity (Wildman–Crippen MR) is 117 cm³/mol. The number of hydrogen-bond donors (Lipinski definition) is 1. The van der Waals surface area contributed by atoms with Gasteiger partial charge < -0.3 is 19.3 Å². The number of piperidine rings is 1. The summed E-state index contributed by atoms with van der Waals surface area (Å²) in [5, 5.41) is 14.3. The number of carbonyl (C=O) groups is 1. The van der Waals surface area contributed by atoms with E-state index >= 15 is 0 Å². The van der Waals surface area contributed by atoms with Crippen molar-refractivity contribution < 1.29 is 14.6 Å². The minimum Gasteiger partial charge on any atom is -0.444 e. The first-order valence-corrected chi connectivity index (χ1v) is 10.4. The number of aliphatic hydroxyl groups is 1. The minimum atomic E-state index is -0.721. The Balaban J connectivity index is 1.71. The highest BCUT2D eigenvalue weighted by molar-refractivity contribution is 6.33. The number of benzene rings is 2. The number of fused-ring (bicyclic) bond motifs is 3. The van der Waals surface area contributed by atoms with E-state index in [9.17, 15) is 9.90 Å². The number of hydrogen-bond acceptors (Lipinski definition) is 3. The monoisotopic (exact) mass is 434 g/mol. The van der Waals surface area contributed by atoms with Crippen molar-refractivity contribution in [2.45, 2.75) is 44.9 Å². The van der Waals surface area contributed by atoms with E-state index in [0.29, 0.717) is 23.0 Å². The van der Waals surface area contributed by atoms with Gasteiger partial charge in [-0.2, -0.15) is 0 Å². The standard InChI is InChI=1S/C22H24Cl2N2O3/c1-22(2,3)29-21(28)25-9-8-19(20(27)12-25)26-17-6-4-13(23)10-15(17)16-11-14(24)5-7-18(16)26/h4-7,10-11,19-20,27H,8-9,12H2,1-3H3/t19-,20-/m1/s1. The van der Waals surface area contributed by atoms with Gasteiger partial charge in [-0.25, -0.2) is 4.79 Å². The Morgan fingerprint density at radius 2 is 1.62 bits per heavy atom. The van der Waals surface area contributed by atoms with Gasteiger partial charge in [-0.3, -0.25) is 0 Å². The van der Waals surface area contributed by atoms with Gasteiger partial charge >= 0.3 is 6.09 Å². The highest BCUT2D eigenvalue weighted by atomic mass is 35.5. The molecular weight excluding hydrogens is 411 g/mol. The van der Waals surface area contributed by atoms with Crippen molar-refractivity contribution in [3.63, 3.8) is 0 Å². The number of β-amino-alcohol motifs (C(OH)–C–C–N with tert-alkyl or cyclic N) is 1. The molecule has 7 heteroatoms. The summed E-state index contributed by atoms with van der Waals surface area (Å²) in [5.74, 6) is 0. The number of carbonyl (C=O) groups excluding carboxylic acids is 1. The van der Waals surface area contributed by atoms with Crippen LogP contribution in [0.15, 0.2) is 36.4 Å². The number of likely N-dealkylation sites (tertiary alicyclic amines) is 1. The van der Waals surface area contributed by atoms with Crippen LogP contribution in [-0.4, -0.2) is 45.5 Å². The fraction of sp³-hybridized carbons (Fsp3) is 0.409. The molecule has 2 atom stereocenters. The molecule has 0 aliphatic carbocycles. The Morgan fingerprint density at radius 1 is 1.07 bits per heavy atom. The van der Waals surface area contributed by atoms with Gasteiger partial charge in [0.25, 0.3) is 0 Å². The molecule has 3 aromatic rings. The van der Waals surface area contributed by atoms with Crippen LogP contribution in [0.2, 0.25) is 10.0 Å². The van der Waals surface area contributed by atoms with Crippen LogP contribution in [0.25, 0.3) is 21.8 Å². The topological polar surface area (TPSA) is 54.7 Å². The fourth-order valence-corrected chi connectivity index (χ4v) is 4.41. The first kappa shape index (κ1) is 20.3. The highest BCUT2D eigenvalue weighted by Crippen LogP contribution is 2.38. The maximum absolute atomic E-state index is 12.4. The minimum absolute atomic E-state index is 0.170. The van der Waals surface area contributed by atoms with Crippen molar-refractivity contribution in [3.8, 4) is 0 Å². The SMILES string of the molecule is CC(C)(C)OC(=O)N1CC[C@@H](n2c3ccc(Cl)cc3c3cc(Cl)ccc32)[C@H](O)C1. The molecule has 5 nitrogen and oxygen atoms in total. The van der Waals surface area contributed by atoms with Crippen molar-refractivity contribution in [3.05, 3.63) is 46.4 Å². The number of amides is 1. The second-order valence-corrected chi connectivity index (χ2v) is 9.42. The second kappa shape index (κ2) is 7.38. The molecule has 1 aromatic heterocycles. The lowest BCUT2D eigenvalue weighted by molar-refractivity contribution is -0.00880. The third-order valence-corrected chi connectivity index (χ3v) is 5.73. The van der Waals surface area contributed by atoms with Gasteiger partial charge in [0, 0.05) is 38.4 Å². The molecule has 4 rings (SSSR count). The van der Waals surface area contributed by atoms with Gasteiger partial charge in [-0.15, -0.1) is 0 Å². The first-order chi connectivity index (χ1) is 13.6. The Labute approximate surface area is 179 Å². The summed E-state index contributed by atoms with van der Waals surface area (Å²) < 4.78 is 7.61. The molecule has 1 fully saturated rings. The number of halogens is 2. The van der Waals surface area contributed by atoms with E-state index in [1.54, 1.807) is 4.90 Å². The summed E-state index contributed by atoms with van der Waals surface area (Å²) in [6, 6.07) is 11.3. The lowest BCUT2D eigenvalue weighted by Gasteiger charge is -2.37. The number of aliphatic hydroxyl groups excluding tert-OH is 1. The van der Waals surface area contributed by atoms with Crippen molar-refractivity contribution in [2.75, 3.05) is 13.1 Å². The Bertz CT molecular complexity index is 1030. The van der Waals surface area contributed by atoms with Crippen LogP contribution in [-0.2, 0) is 4.74 Å². The van der Waals surface area contributed by atoms with E-state index in [1.165, 1.54) is 0 Å². The summed E-state index contributed by atoms with van der Waals surface area (Å²) in [6.45, 7) is 6.24. The zero-order chi connectivity index (χ0) is 20.9. The van der Waals surface area contributed by atoms with E-state index < -0.39 is 17.8 Å². The molecule has 0 bridgehead atoms. The van der Waals surface area contributed by atoms with Crippen LogP contribution >= 0.6 is 23.2 Å². The zero-order valence-electron chi connectivity index (χ0n) is 16.7. The molecule has 1 amide bonds. The van der Waals surface area contributed by atoms with E-state index in [4.69, 9.17) is 27.9 Å². The Kier molecular flexibility index (Phi) is 5.18. The molecule has 154 valence electrons. The quantitative estimate of drug-likeness (QED) is 0.538. The lowest BCUT2D eigenvalue weighted by atomic mass is 10.0. The van der Waals surface area contributed by atoms with E-state index in [0.717, 1.165) is 21.8 Å². The van der Waals surface area contributed by atoms with Gasteiger partial charge in [0.1, 0.15) is 5.60 Å². The summed E-state index contributed by atoms with van der Waals surface area (Å²) in [5.41, 5.74) is 1.41. The average molecular weight is 435 g/mol. The van der Waals surface area contributed by atoms with Crippen LogP contribution in [0.4, 0.5) is 4.79 Å². The van der Waals surface area contributed by atoms with Crippen molar-refractivity contribution in [1.82, 2.24) is 9.47 Å². The van der Waals surface area contributed by atoms with Crippen LogP contribution in [0.5, 0.6) is 0 Å². The molecule has 0 spiro atoms. The van der Waals surface area contributed by atoms with Gasteiger partial charge in [0.15, 0.2) is 0 Å². The molecule has 29 heavy (non-hydrogen) atoms. The normalized spacial score (nSPS) is 20.4. The van der Waals surface area contributed by atoms with Crippen molar-refractivity contribution in [1.29, 1.82) is 0 Å². The van der Waals surface area contributed by atoms with Gasteiger partial charge in [-0.05, 0) is 63.6 Å².